The highest BCUT2D eigenvalue weighted by Gasteiger charge is 2.30. The van der Waals surface area contributed by atoms with Gasteiger partial charge in [0, 0.05) is 12.2 Å². The van der Waals surface area contributed by atoms with Crippen LogP contribution >= 0.6 is 0 Å². The molecule has 0 radical (unpaired) electrons. The van der Waals surface area contributed by atoms with Gasteiger partial charge in [-0.3, -0.25) is 4.79 Å². The summed E-state index contributed by atoms with van der Waals surface area (Å²) in [6.45, 7) is 6.10. The van der Waals surface area contributed by atoms with Gasteiger partial charge in [0.05, 0.1) is 5.56 Å². The third-order valence-corrected chi connectivity index (χ3v) is 4.94. The van der Waals surface area contributed by atoms with Crippen molar-refractivity contribution in [3.63, 3.8) is 0 Å². The Morgan fingerprint density at radius 3 is 2.23 bits per heavy atom. The summed E-state index contributed by atoms with van der Waals surface area (Å²) in [6, 6.07) is 11.7. The number of benzene rings is 2. The lowest BCUT2D eigenvalue weighted by atomic mass is 10.0. The van der Waals surface area contributed by atoms with Crippen molar-refractivity contribution in [3.8, 4) is 0 Å². The van der Waals surface area contributed by atoms with Crippen molar-refractivity contribution in [2.24, 2.45) is 5.73 Å². The minimum Gasteiger partial charge on any atom is -0.316 e. The number of alkyl halides is 3. The van der Waals surface area contributed by atoms with Gasteiger partial charge in [0.1, 0.15) is 6.04 Å². The molecule has 2 rings (SSSR count). The first-order valence-corrected chi connectivity index (χ1v) is 10.3. The molecule has 31 heavy (non-hydrogen) atoms. The van der Waals surface area contributed by atoms with Gasteiger partial charge in [-0.2, -0.15) is 13.2 Å². The van der Waals surface area contributed by atoms with Crippen LogP contribution in [0.15, 0.2) is 72.3 Å². The van der Waals surface area contributed by atoms with Gasteiger partial charge in [-0.15, -0.1) is 0 Å². The maximum absolute atomic E-state index is 13.3. The summed E-state index contributed by atoms with van der Waals surface area (Å²) in [7, 11) is 0. The maximum Gasteiger partial charge on any atom is 0.416 e. The third-order valence-electron chi connectivity index (χ3n) is 4.94. The zero-order valence-electron chi connectivity index (χ0n) is 18.1. The number of allylic oxidation sites excluding steroid dienone is 2. The molecule has 0 spiro atoms. The second-order valence-electron chi connectivity index (χ2n) is 7.36. The van der Waals surface area contributed by atoms with Gasteiger partial charge in [0.2, 0.25) is 5.91 Å². The Labute approximate surface area is 182 Å². The van der Waals surface area contributed by atoms with Gasteiger partial charge < -0.3 is 10.6 Å². The molecule has 2 aromatic rings. The molecule has 0 aliphatic carbocycles. The van der Waals surface area contributed by atoms with Gasteiger partial charge in [0.25, 0.3) is 0 Å². The fourth-order valence-electron chi connectivity index (χ4n) is 3.23. The summed E-state index contributed by atoms with van der Waals surface area (Å²) in [5.74, 6) is -0.256. The van der Waals surface area contributed by atoms with Crippen LogP contribution in [0.1, 0.15) is 37.0 Å². The van der Waals surface area contributed by atoms with Crippen molar-refractivity contribution >= 4 is 11.6 Å². The fourth-order valence-corrected chi connectivity index (χ4v) is 3.23. The number of aryl methyl sites for hydroxylation is 1. The Balaban J connectivity index is 2.27. The number of rotatable bonds is 8. The van der Waals surface area contributed by atoms with E-state index in [2.05, 4.69) is 0 Å². The molecule has 0 unspecified atom stereocenters. The molecule has 6 heteroatoms. The predicted octanol–water partition coefficient (Wildman–Crippen LogP) is 5.83. The quantitative estimate of drug-likeness (QED) is 0.536. The minimum atomic E-state index is -4.37. The Kier molecular flexibility index (Phi) is 8.63. The summed E-state index contributed by atoms with van der Waals surface area (Å²) in [5.41, 5.74) is 8.83. The summed E-state index contributed by atoms with van der Waals surface area (Å²) in [4.78, 5) is 14.9. The topological polar surface area (TPSA) is 46.3 Å². The molecule has 1 amide bonds. The van der Waals surface area contributed by atoms with E-state index in [9.17, 15) is 18.0 Å². The molecular weight excluding hydrogens is 401 g/mol. The molecule has 2 N–H and O–H groups in total. The SMILES string of the molecule is C/C=C\C(=C/CC)[C@@H](N)C(=O)N(CCc1ccc(C(F)(F)F)cc1)c1ccc(C)cc1. The number of nitrogens with two attached hydrogens (primary N) is 1. The minimum absolute atomic E-state index is 0.256. The standard InChI is InChI=1S/C25H29F3N2O/c1-4-6-20(7-5-2)23(29)24(31)30(22-14-8-18(3)9-15-22)17-16-19-10-12-21(13-11-19)25(26,27)28/h4,6-15,23H,5,16-17,29H2,1-3H3/b6-4-,20-7+/t23-/m1/s1. The molecule has 3 nitrogen and oxygen atoms in total. The van der Waals surface area contributed by atoms with E-state index in [1.165, 1.54) is 12.1 Å². The average molecular weight is 431 g/mol. The molecule has 0 aliphatic heterocycles. The van der Waals surface area contributed by atoms with Crippen LogP contribution in [-0.4, -0.2) is 18.5 Å². The van der Waals surface area contributed by atoms with Crippen molar-refractivity contribution in [3.05, 3.63) is 89.0 Å². The number of carbonyl (C=O) groups excluding carboxylic acids is 1. The zero-order valence-corrected chi connectivity index (χ0v) is 18.1. The van der Waals surface area contributed by atoms with E-state index < -0.39 is 17.8 Å². The van der Waals surface area contributed by atoms with Gasteiger partial charge in [0.15, 0.2) is 0 Å². The monoisotopic (exact) mass is 430 g/mol. The van der Waals surface area contributed by atoms with E-state index in [4.69, 9.17) is 5.73 Å². The molecule has 0 saturated carbocycles. The normalized spacial score (nSPS) is 13.5. The maximum atomic E-state index is 13.3. The van der Waals surface area contributed by atoms with Gasteiger partial charge in [-0.25, -0.2) is 0 Å². The summed E-state index contributed by atoms with van der Waals surface area (Å²) in [6.07, 6.45) is 2.37. The smallest absolute Gasteiger partial charge is 0.316 e. The molecule has 166 valence electrons. The lowest BCUT2D eigenvalue weighted by molar-refractivity contribution is -0.137. The molecule has 0 aromatic heterocycles. The van der Waals surface area contributed by atoms with E-state index in [1.807, 2.05) is 63.3 Å². The first kappa shape index (κ1) is 24.4. The van der Waals surface area contributed by atoms with E-state index in [0.717, 1.165) is 29.7 Å². The number of amides is 1. The second-order valence-corrected chi connectivity index (χ2v) is 7.36. The number of nitrogens with zero attached hydrogens (tertiary/aromatic N) is 1. The highest BCUT2D eigenvalue weighted by atomic mass is 19.4. The number of carbonyl (C=O) groups is 1. The van der Waals surface area contributed by atoms with Crippen molar-refractivity contribution < 1.29 is 18.0 Å². The van der Waals surface area contributed by atoms with Crippen LogP contribution in [0.2, 0.25) is 0 Å². The predicted molar refractivity (Wildman–Crippen MR) is 120 cm³/mol. The average Bonchev–Trinajstić information content (AvgIpc) is 2.74. The molecule has 1 atom stereocenters. The van der Waals surface area contributed by atoms with Crippen LogP contribution in [0.3, 0.4) is 0 Å². The Morgan fingerprint density at radius 2 is 1.71 bits per heavy atom. The third kappa shape index (κ3) is 6.82. The fraction of sp³-hybridized carbons (Fsp3) is 0.320. The zero-order chi connectivity index (χ0) is 23.0. The lowest BCUT2D eigenvalue weighted by Crippen LogP contribution is -2.45. The molecule has 0 aliphatic rings. The van der Waals surface area contributed by atoms with Crippen molar-refractivity contribution in [1.82, 2.24) is 0 Å². The van der Waals surface area contributed by atoms with Gasteiger partial charge in [-0.05, 0) is 62.1 Å². The highest BCUT2D eigenvalue weighted by molar-refractivity contribution is 5.99. The molecule has 0 bridgehead atoms. The van der Waals surface area contributed by atoms with E-state index in [1.54, 1.807) is 4.90 Å². The number of anilines is 1. The number of hydrogen-bond donors (Lipinski definition) is 1. The molecule has 0 saturated heterocycles. The van der Waals surface area contributed by atoms with E-state index >= 15 is 0 Å². The summed E-state index contributed by atoms with van der Waals surface area (Å²) in [5, 5.41) is 0. The Bertz CT molecular complexity index is 913. The van der Waals surface area contributed by atoms with Crippen molar-refractivity contribution in [1.29, 1.82) is 0 Å². The molecule has 2 aromatic carbocycles. The molecule has 0 heterocycles. The van der Waals surface area contributed by atoms with E-state index in [0.29, 0.717) is 24.2 Å². The number of halogens is 3. The Morgan fingerprint density at radius 1 is 1.10 bits per heavy atom. The summed E-state index contributed by atoms with van der Waals surface area (Å²) < 4.78 is 38.4. The van der Waals surface area contributed by atoms with Crippen LogP contribution < -0.4 is 10.6 Å². The van der Waals surface area contributed by atoms with Crippen molar-refractivity contribution in [2.75, 3.05) is 11.4 Å². The van der Waals surface area contributed by atoms with Crippen molar-refractivity contribution in [2.45, 2.75) is 45.8 Å². The largest absolute Gasteiger partial charge is 0.416 e. The van der Waals surface area contributed by atoms with Crippen LogP contribution in [0, 0.1) is 6.92 Å². The van der Waals surface area contributed by atoms with Crippen LogP contribution in [0.5, 0.6) is 0 Å². The second kappa shape index (κ2) is 11.0. The molecule has 0 fully saturated rings. The highest BCUT2D eigenvalue weighted by Crippen LogP contribution is 2.29. The molecular formula is C25H29F3N2O. The lowest BCUT2D eigenvalue weighted by Gasteiger charge is -2.27. The van der Waals surface area contributed by atoms with Crippen LogP contribution in [0.25, 0.3) is 0 Å². The first-order valence-electron chi connectivity index (χ1n) is 10.3. The number of hydrogen-bond acceptors (Lipinski definition) is 2. The van der Waals surface area contributed by atoms with Gasteiger partial charge >= 0.3 is 6.18 Å². The van der Waals surface area contributed by atoms with E-state index in [-0.39, 0.29) is 5.91 Å². The Hall–Kier alpha value is -2.86. The first-order chi connectivity index (χ1) is 14.7. The summed E-state index contributed by atoms with van der Waals surface area (Å²) >= 11 is 0. The van der Waals surface area contributed by atoms with Crippen LogP contribution in [-0.2, 0) is 17.4 Å². The van der Waals surface area contributed by atoms with Gasteiger partial charge in [-0.1, -0.05) is 55.0 Å². The van der Waals surface area contributed by atoms with Crippen LogP contribution in [0.4, 0.5) is 18.9 Å².